The fourth-order valence-corrected chi connectivity index (χ4v) is 3.60. The molecule has 3 rings (SSSR count). The van der Waals surface area contributed by atoms with E-state index in [0.29, 0.717) is 5.56 Å². The van der Waals surface area contributed by atoms with Crippen LogP contribution in [0, 0.1) is 11.6 Å². The molecule has 9 heteroatoms. The van der Waals surface area contributed by atoms with E-state index in [4.69, 9.17) is 9.15 Å². The van der Waals surface area contributed by atoms with Crippen molar-refractivity contribution in [3.05, 3.63) is 87.7 Å². The number of aromatic nitrogens is 1. The quantitative estimate of drug-likeness (QED) is 0.445. The van der Waals surface area contributed by atoms with Gasteiger partial charge in [0, 0.05) is 29.4 Å². The number of esters is 1. The molecule has 0 saturated heterocycles. The normalized spacial score (nSPS) is 11.8. The summed E-state index contributed by atoms with van der Waals surface area (Å²) >= 11 is 0.998. The molecule has 2 heterocycles. The van der Waals surface area contributed by atoms with E-state index < -0.39 is 34.7 Å². The molecule has 1 aromatic carbocycles. The first-order valence-corrected chi connectivity index (χ1v) is 9.78. The van der Waals surface area contributed by atoms with Crippen molar-refractivity contribution in [2.45, 2.75) is 23.0 Å². The molecule has 6 nitrogen and oxygen atoms in total. The number of aromatic hydroxyl groups is 1. The van der Waals surface area contributed by atoms with Gasteiger partial charge in [0.05, 0.1) is 25.2 Å². The van der Waals surface area contributed by atoms with E-state index in [1.54, 1.807) is 18.3 Å². The third-order valence-corrected chi connectivity index (χ3v) is 5.34. The number of hydrogen-bond acceptors (Lipinski definition) is 7. The van der Waals surface area contributed by atoms with Crippen LogP contribution in [-0.2, 0) is 15.3 Å². The van der Waals surface area contributed by atoms with Gasteiger partial charge in [-0.2, -0.15) is 0 Å². The lowest BCUT2D eigenvalue weighted by molar-refractivity contribution is -0.140. The van der Waals surface area contributed by atoms with Crippen LogP contribution in [0.5, 0.6) is 5.75 Å². The molecule has 0 fully saturated rings. The van der Waals surface area contributed by atoms with Gasteiger partial charge in [0.25, 0.3) is 0 Å². The molecule has 30 heavy (non-hydrogen) atoms. The Kier molecular flexibility index (Phi) is 6.83. The van der Waals surface area contributed by atoms with E-state index in [2.05, 4.69) is 4.98 Å². The fourth-order valence-electron chi connectivity index (χ4n) is 2.80. The van der Waals surface area contributed by atoms with Crippen LogP contribution in [0.4, 0.5) is 8.78 Å². The zero-order valence-corrected chi connectivity index (χ0v) is 16.6. The van der Waals surface area contributed by atoms with Crippen LogP contribution in [0.2, 0.25) is 0 Å². The van der Waals surface area contributed by atoms with Crippen LogP contribution in [0.15, 0.2) is 62.9 Å². The van der Waals surface area contributed by atoms with Gasteiger partial charge in [0.1, 0.15) is 17.4 Å². The molecule has 0 spiro atoms. The number of rotatable bonds is 7. The third kappa shape index (κ3) is 5.04. The van der Waals surface area contributed by atoms with Crippen molar-refractivity contribution in [3.8, 4) is 5.75 Å². The SMILES string of the molecule is COC(=O)C[C@H](c1cccnc1)c1oc(CSc2ccc(F)cc2F)cc(=O)c1O. The Labute approximate surface area is 174 Å². The molecule has 3 aromatic rings. The first kappa shape index (κ1) is 21.5. The van der Waals surface area contributed by atoms with Gasteiger partial charge in [-0.05, 0) is 23.8 Å². The van der Waals surface area contributed by atoms with Crippen LogP contribution >= 0.6 is 11.8 Å². The Balaban J connectivity index is 1.95. The second-order valence-electron chi connectivity index (χ2n) is 6.27. The van der Waals surface area contributed by atoms with Crippen LogP contribution < -0.4 is 5.43 Å². The maximum absolute atomic E-state index is 13.9. The zero-order chi connectivity index (χ0) is 21.7. The van der Waals surface area contributed by atoms with Gasteiger partial charge in [-0.25, -0.2) is 8.78 Å². The van der Waals surface area contributed by atoms with Crippen LogP contribution in [0.3, 0.4) is 0 Å². The molecule has 0 saturated carbocycles. The van der Waals surface area contributed by atoms with Crippen molar-refractivity contribution in [1.82, 2.24) is 4.98 Å². The lowest BCUT2D eigenvalue weighted by Gasteiger charge is -2.17. The minimum Gasteiger partial charge on any atom is -0.502 e. The number of halogens is 2. The molecular weight excluding hydrogens is 416 g/mol. The van der Waals surface area contributed by atoms with Gasteiger partial charge in [-0.15, -0.1) is 11.8 Å². The number of nitrogens with zero attached hydrogens (tertiary/aromatic N) is 1. The largest absolute Gasteiger partial charge is 0.502 e. The number of ether oxygens (including phenoxy) is 1. The summed E-state index contributed by atoms with van der Waals surface area (Å²) in [6, 6.07) is 7.57. The topological polar surface area (TPSA) is 89.6 Å². The lowest BCUT2D eigenvalue weighted by atomic mass is 9.93. The highest BCUT2D eigenvalue weighted by Crippen LogP contribution is 2.34. The standard InChI is InChI=1S/C21H17F2NO5S/c1-28-19(26)9-15(12-3-2-6-24-10-12)21-20(27)17(25)8-14(29-21)11-30-18-5-4-13(22)7-16(18)23/h2-8,10,15,27H,9,11H2,1H3/t15-/m1/s1. The summed E-state index contributed by atoms with van der Waals surface area (Å²) in [6.45, 7) is 0. The van der Waals surface area contributed by atoms with Crippen molar-refractivity contribution in [2.24, 2.45) is 0 Å². The summed E-state index contributed by atoms with van der Waals surface area (Å²) in [4.78, 5) is 28.4. The number of carbonyl (C=O) groups is 1. The highest BCUT2D eigenvalue weighted by Gasteiger charge is 2.26. The van der Waals surface area contributed by atoms with Crippen molar-refractivity contribution in [2.75, 3.05) is 7.11 Å². The molecular formula is C21H17F2NO5S. The van der Waals surface area contributed by atoms with E-state index in [9.17, 15) is 23.5 Å². The predicted octanol–water partition coefficient (Wildman–Crippen LogP) is 4.01. The van der Waals surface area contributed by atoms with Crippen molar-refractivity contribution in [3.63, 3.8) is 0 Å². The molecule has 1 atom stereocenters. The van der Waals surface area contributed by atoms with Crippen molar-refractivity contribution >= 4 is 17.7 Å². The monoisotopic (exact) mass is 433 g/mol. The van der Waals surface area contributed by atoms with E-state index >= 15 is 0 Å². The molecule has 0 bridgehead atoms. The molecule has 0 aliphatic rings. The summed E-state index contributed by atoms with van der Waals surface area (Å²) < 4.78 is 37.4. The predicted molar refractivity (Wildman–Crippen MR) is 105 cm³/mol. The summed E-state index contributed by atoms with van der Waals surface area (Å²) in [5, 5.41) is 10.3. The van der Waals surface area contributed by atoms with Gasteiger partial charge < -0.3 is 14.3 Å². The van der Waals surface area contributed by atoms with E-state index in [0.717, 1.165) is 30.0 Å². The number of carbonyl (C=O) groups excluding carboxylic acids is 1. The van der Waals surface area contributed by atoms with E-state index in [1.807, 2.05) is 0 Å². The smallest absolute Gasteiger partial charge is 0.306 e. The zero-order valence-electron chi connectivity index (χ0n) is 15.8. The van der Waals surface area contributed by atoms with Crippen LogP contribution in [-0.4, -0.2) is 23.2 Å². The van der Waals surface area contributed by atoms with Gasteiger partial charge in [0.15, 0.2) is 5.76 Å². The highest BCUT2D eigenvalue weighted by atomic mass is 32.2. The van der Waals surface area contributed by atoms with Crippen LogP contribution in [0.1, 0.15) is 29.4 Å². The Bertz CT molecular complexity index is 1100. The molecule has 1 N–H and O–H groups in total. The maximum atomic E-state index is 13.9. The van der Waals surface area contributed by atoms with Gasteiger partial charge in [0.2, 0.25) is 11.2 Å². The Morgan fingerprint density at radius 1 is 1.30 bits per heavy atom. The number of methoxy groups -OCH3 is 1. The second-order valence-corrected chi connectivity index (χ2v) is 7.29. The Morgan fingerprint density at radius 2 is 2.10 bits per heavy atom. The Morgan fingerprint density at radius 3 is 2.77 bits per heavy atom. The summed E-state index contributed by atoms with van der Waals surface area (Å²) in [5.74, 6) is -3.36. The molecule has 0 aliphatic carbocycles. The number of benzene rings is 1. The Hall–Kier alpha value is -3.20. The molecule has 156 valence electrons. The van der Waals surface area contributed by atoms with E-state index in [1.165, 1.54) is 19.4 Å². The number of thioether (sulfide) groups is 1. The molecule has 2 aromatic heterocycles. The second kappa shape index (κ2) is 9.53. The maximum Gasteiger partial charge on any atom is 0.306 e. The summed E-state index contributed by atoms with van der Waals surface area (Å²) in [6.07, 6.45) is 2.84. The average Bonchev–Trinajstić information content (AvgIpc) is 2.74. The first-order valence-electron chi connectivity index (χ1n) is 8.79. The van der Waals surface area contributed by atoms with Crippen LogP contribution in [0.25, 0.3) is 0 Å². The molecule has 0 aliphatic heterocycles. The first-order chi connectivity index (χ1) is 14.4. The highest BCUT2D eigenvalue weighted by molar-refractivity contribution is 7.98. The molecule has 0 amide bonds. The fraction of sp³-hybridized carbons (Fsp3) is 0.190. The van der Waals surface area contributed by atoms with Crippen molar-refractivity contribution < 1.29 is 27.8 Å². The molecule has 0 unspecified atom stereocenters. The van der Waals surface area contributed by atoms with Gasteiger partial charge in [-0.1, -0.05) is 6.07 Å². The minimum absolute atomic E-state index is 0.0447. The average molecular weight is 433 g/mol. The van der Waals surface area contributed by atoms with Gasteiger partial charge >= 0.3 is 5.97 Å². The third-order valence-electron chi connectivity index (χ3n) is 4.27. The lowest BCUT2D eigenvalue weighted by Crippen LogP contribution is -2.14. The molecule has 0 radical (unpaired) electrons. The van der Waals surface area contributed by atoms with E-state index in [-0.39, 0.29) is 28.6 Å². The number of hydrogen-bond donors (Lipinski definition) is 1. The minimum atomic E-state index is -0.814. The van der Waals surface area contributed by atoms with Crippen molar-refractivity contribution in [1.29, 1.82) is 0 Å². The summed E-state index contributed by atoms with van der Waals surface area (Å²) in [5.41, 5.74) is -0.166. The van der Waals surface area contributed by atoms with Gasteiger partial charge in [-0.3, -0.25) is 14.6 Å². The summed E-state index contributed by atoms with van der Waals surface area (Å²) in [7, 11) is 1.23. The number of pyridine rings is 1.